The van der Waals surface area contributed by atoms with E-state index in [1.807, 2.05) is 0 Å². The third kappa shape index (κ3) is 4.45. The van der Waals surface area contributed by atoms with Crippen LogP contribution in [0, 0.1) is 5.92 Å². The zero-order valence-corrected chi connectivity index (χ0v) is 12.3. The van der Waals surface area contributed by atoms with Crippen LogP contribution in [0.3, 0.4) is 0 Å². The molecule has 1 unspecified atom stereocenters. The Morgan fingerprint density at radius 2 is 2.00 bits per heavy atom. The second-order valence-corrected chi connectivity index (χ2v) is 5.55. The van der Waals surface area contributed by atoms with Crippen molar-refractivity contribution >= 4 is 11.8 Å². The molecule has 2 saturated heterocycles. The molecule has 2 heterocycles. The summed E-state index contributed by atoms with van der Waals surface area (Å²) < 4.78 is 5.29. The summed E-state index contributed by atoms with van der Waals surface area (Å²) in [6.07, 6.45) is 1.80. The summed E-state index contributed by atoms with van der Waals surface area (Å²) in [5.74, 6) is 0.109. The summed E-state index contributed by atoms with van der Waals surface area (Å²) in [6.45, 7) is 7.92. The maximum Gasteiger partial charge on any atom is 0.224 e. The van der Waals surface area contributed by atoms with Gasteiger partial charge in [-0.15, -0.1) is 0 Å². The van der Waals surface area contributed by atoms with E-state index in [9.17, 15) is 9.59 Å². The van der Waals surface area contributed by atoms with E-state index in [1.54, 1.807) is 11.8 Å². The minimum atomic E-state index is -0.0441. The summed E-state index contributed by atoms with van der Waals surface area (Å²) in [5.41, 5.74) is 0. The second kappa shape index (κ2) is 7.59. The summed E-state index contributed by atoms with van der Waals surface area (Å²) in [5, 5.41) is 3.00. The van der Waals surface area contributed by atoms with Crippen molar-refractivity contribution < 1.29 is 14.3 Å². The standard InChI is InChI=1S/C14H25N3O3/c1-12(18)17-5-2-3-13(11-17)14(19)15-4-6-16-7-9-20-10-8-16/h13H,2-11H2,1H3,(H,15,19). The van der Waals surface area contributed by atoms with Gasteiger partial charge < -0.3 is 15.0 Å². The number of amides is 2. The van der Waals surface area contributed by atoms with Crippen LogP contribution in [0.15, 0.2) is 0 Å². The Morgan fingerprint density at radius 3 is 2.70 bits per heavy atom. The molecule has 0 saturated carbocycles. The fraction of sp³-hybridized carbons (Fsp3) is 0.857. The van der Waals surface area contributed by atoms with Crippen molar-refractivity contribution in [1.29, 1.82) is 0 Å². The zero-order chi connectivity index (χ0) is 14.4. The van der Waals surface area contributed by atoms with Crippen molar-refractivity contribution in [2.24, 2.45) is 5.92 Å². The highest BCUT2D eigenvalue weighted by atomic mass is 16.5. The summed E-state index contributed by atoms with van der Waals surface area (Å²) in [6, 6.07) is 0. The maximum atomic E-state index is 12.1. The summed E-state index contributed by atoms with van der Waals surface area (Å²) in [7, 11) is 0. The normalized spacial score (nSPS) is 24.4. The molecular formula is C14H25N3O3. The van der Waals surface area contributed by atoms with Gasteiger partial charge in [-0.25, -0.2) is 0 Å². The SMILES string of the molecule is CC(=O)N1CCCC(C(=O)NCCN2CCOCC2)C1. The summed E-state index contributed by atoms with van der Waals surface area (Å²) in [4.78, 5) is 27.6. The smallest absolute Gasteiger partial charge is 0.224 e. The highest BCUT2D eigenvalue weighted by Crippen LogP contribution is 2.16. The van der Waals surface area contributed by atoms with Gasteiger partial charge in [-0.05, 0) is 12.8 Å². The van der Waals surface area contributed by atoms with Crippen molar-refractivity contribution in [3.63, 3.8) is 0 Å². The molecule has 0 aliphatic carbocycles. The van der Waals surface area contributed by atoms with Gasteiger partial charge in [0.05, 0.1) is 19.1 Å². The first kappa shape index (κ1) is 15.3. The van der Waals surface area contributed by atoms with Crippen molar-refractivity contribution in [2.45, 2.75) is 19.8 Å². The number of morpholine rings is 1. The lowest BCUT2D eigenvalue weighted by Gasteiger charge is -2.31. The Morgan fingerprint density at radius 1 is 1.25 bits per heavy atom. The molecule has 6 heteroatoms. The highest BCUT2D eigenvalue weighted by Gasteiger charge is 2.26. The molecule has 1 atom stereocenters. The molecule has 2 aliphatic heterocycles. The molecular weight excluding hydrogens is 258 g/mol. The first-order valence-corrected chi connectivity index (χ1v) is 7.50. The number of carbonyl (C=O) groups excluding carboxylic acids is 2. The minimum absolute atomic E-state index is 0.0441. The maximum absolute atomic E-state index is 12.1. The van der Waals surface area contributed by atoms with Crippen LogP contribution in [-0.2, 0) is 14.3 Å². The Kier molecular flexibility index (Phi) is 5.79. The van der Waals surface area contributed by atoms with Gasteiger partial charge >= 0.3 is 0 Å². The predicted octanol–water partition coefficient (Wildman–Crippen LogP) is -0.307. The highest BCUT2D eigenvalue weighted by molar-refractivity contribution is 5.80. The molecule has 2 amide bonds. The van der Waals surface area contributed by atoms with E-state index in [-0.39, 0.29) is 17.7 Å². The van der Waals surface area contributed by atoms with E-state index < -0.39 is 0 Å². The lowest BCUT2D eigenvalue weighted by atomic mass is 9.97. The van der Waals surface area contributed by atoms with Gasteiger partial charge in [-0.3, -0.25) is 14.5 Å². The third-order valence-electron chi connectivity index (χ3n) is 4.07. The van der Waals surface area contributed by atoms with Crippen molar-refractivity contribution in [2.75, 3.05) is 52.5 Å². The summed E-state index contributed by atoms with van der Waals surface area (Å²) >= 11 is 0. The van der Waals surface area contributed by atoms with Crippen LogP contribution in [0.5, 0.6) is 0 Å². The van der Waals surface area contributed by atoms with Gasteiger partial charge in [0.15, 0.2) is 0 Å². The quantitative estimate of drug-likeness (QED) is 0.769. The van der Waals surface area contributed by atoms with E-state index >= 15 is 0 Å². The Bertz CT molecular complexity index is 343. The topological polar surface area (TPSA) is 61.9 Å². The Hall–Kier alpha value is -1.14. The van der Waals surface area contributed by atoms with Crippen LogP contribution in [0.2, 0.25) is 0 Å². The number of nitrogens with one attached hydrogen (secondary N) is 1. The van der Waals surface area contributed by atoms with Crippen LogP contribution in [-0.4, -0.2) is 74.1 Å². The minimum Gasteiger partial charge on any atom is -0.379 e. The molecule has 0 aromatic heterocycles. The first-order chi connectivity index (χ1) is 9.66. The van der Waals surface area contributed by atoms with Crippen LogP contribution in [0.4, 0.5) is 0 Å². The Balaban J connectivity index is 1.67. The fourth-order valence-corrected chi connectivity index (χ4v) is 2.78. The molecule has 1 N–H and O–H groups in total. The van der Waals surface area contributed by atoms with Gasteiger partial charge in [-0.2, -0.15) is 0 Å². The number of likely N-dealkylation sites (tertiary alicyclic amines) is 1. The molecule has 6 nitrogen and oxygen atoms in total. The van der Waals surface area contributed by atoms with Gasteiger partial charge in [0.2, 0.25) is 11.8 Å². The van der Waals surface area contributed by atoms with E-state index in [0.717, 1.165) is 52.2 Å². The van der Waals surface area contributed by atoms with E-state index in [1.165, 1.54) is 0 Å². The molecule has 0 radical (unpaired) electrons. The predicted molar refractivity (Wildman–Crippen MR) is 75.2 cm³/mol. The van der Waals surface area contributed by atoms with Crippen LogP contribution in [0.25, 0.3) is 0 Å². The Labute approximate surface area is 120 Å². The number of carbonyl (C=O) groups is 2. The van der Waals surface area contributed by atoms with Gasteiger partial charge in [0.1, 0.15) is 0 Å². The van der Waals surface area contributed by atoms with E-state index in [0.29, 0.717) is 13.1 Å². The number of hydrogen-bond acceptors (Lipinski definition) is 4. The van der Waals surface area contributed by atoms with Crippen LogP contribution < -0.4 is 5.32 Å². The number of hydrogen-bond donors (Lipinski definition) is 1. The van der Waals surface area contributed by atoms with Crippen LogP contribution >= 0.6 is 0 Å². The average Bonchev–Trinajstić information content (AvgIpc) is 2.48. The number of ether oxygens (including phenoxy) is 1. The van der Waals surface area contributed by atoms with Gasteiger partial charge in [0.25, 0.3) is 0 Å². The zero-order valence-electron chi connectivity index (χ0n) is 12.3. The van der Waals surface area contributed by atoms with Gasteiger partial charge in [-0.1, -0.05) is 0 Å². The third-order valence-corrected chi connectivity index (χ3v) is 4.07. The van der Waals surface area contributed by atoms with Crippen molar-refractivity contribution in [1.82, 2.24) is 15.1 Å². The lowest BCUT2D eigenvalue weighted by molar-refractivity contribution is -0.133. The van der Waals surface area contributed by atoms with Gasteiger partial charge in [0, 0.05) is 46.2 Å². The van der Waals surface area contributed by atoms with Crippen molar-refractivity contribution in [3.8, 4) is 0 Å². The molecule has 0 spiro atoms. The van der Waals surface area contributed by atoms with E-state index in [4.69, 9.17) is 4.74 Å². The van der Waals surface area contributed by atoms with Crippen LogP contribution in [0.1, 0.15) is 19.8 Å². The number of piperidine rings is 1. The molecule has 0 aromatic carbocycles. The van der Waals surface area contributed by atoms with E-state index in [2.05, 4.69) is 10.2 Å². The largest absolute Gasteiger partial charge is 0.379 e. The molecule has 2 aliphatic rings. The first-order valence-electron chi connectivity index (χ1n) is 7.50. The molecule has 0 aromatic rings. The molecule has 0 bridgehead atoms. The number of nitrogens with zero attached hydrogens (tertiary/aromatic N) is 2. The second-order valence-electron chi connectivity index (χ2n) is 5.55. The average molecular weight is 283 g/mol. The lowest BCUT2D eigenvalue weighted by Crippen LogP contribution is -2.46. The number of rotatable bonds is 4. The molecule has 2 fully saturated rings. The molecule has 114 valence electrons. The molecule has 2 rings (SSSR count). The van der Waals surface area contributed by atoms with Crippen molar-refractivity contribution in [3.05, 3.63) is 0 Å². The monoisotopic (exact) mass is 283 g/mol. The molecule has 20 heavy (non-hydrogen) atoms. The fourth-order valence-electron chi connectivity index (χ4n) is 2.78.